The molecular formula is C16H22F4OSi. The second kappa shape index (κ2) is 6.06. The van der Waals surface area contributed by atoms with Crippen molar-refractivity contribution in [3.63, 3.8) is 0 Å². The predicted molar refractivity (Wildman–Crippen MR) is 83.3 cm³/mol. The molecule has 1 aromatic carbocycles. The molecule has 6 heteroatoms. The summed E-state index contributed by atoms with van der Waals surface area (Å²) in [4.78, 5) is 0. The molecule has 0 bridgehead atoms. The minimum absolute atomic E-state index is 0.0891. The van der Waals surface area contributed by atoms with Crippen molar-refractivity contribution in [2.45, 2.75) is 52.0 Å². The van der Waals surface area contributed by atoms with Crippen molar-refractivity contribution in [1.29, 1.82) is 0 Å². The van der Waals surface area contributed by atoms with Crippen LogP contribution in [0.5, 0.6) is 0 Å². The molecule has 0 aliphatic carbocycles. The van der Waals surface area contributed by atoms with E-state index in [-0.39, 0.29) is 10.6 Å². The predicted octanol–water partition coefficient (Wildman–Crippen LogP) is 6.23. The lowest BCUT2D eigenvalue weighted by Crippen LogP contribution is -2.40. The van der Waals surface area contributed by atoms with E-state index in [2.05, 4.69) is 0 Å². The molecule has 0 unspecified atom stereocenters. The lowest BCUT2D eigenvalue weighted by molar-refractivity contribution is -0.140. The van der Waals surface area contributed by atoms with Gasteiger partial charge in [-0.3, -0.25) is 0 Å². The van der Waals surface area contributed by atoms with Crippen LogP contribution in [0.4, 0.5) is 17.6 Å². The van der Waals surface area contributed by atoms with Gasteiger partial charge < -0.3 is 4.43 Å². The first kappa shape index (κ1) is 18.7. The number of benzene rings is 1. The van der Waals surface area contributed by atoms with Crippen LogP contribution in [0.25, 0.3) is 5.76 Å². The molecule has 0 saturated carbocycles. The summed E-state index contributed by atoms with van der Waals surface area (Å²) in [5.41, 5.74) is -1.04. The normalized spacial score (nSPS) is 14.2. The van der Waals surface area contributed by atoms with E-state index in [4.69, 9.17) is 4.43 Å². The van der Waals surface area contributed by atoms with Crippen molar-refractivity contribution in [2.24, 2.45) is 0 Å². The van der Waals surface area contributed by atoms with Gasteiger partial charge in [0.1, 0.15) is 11.6 Å². The molecule has 0 aliphatic rings. The first-order valence-corrected chi connectivity index (χ1v) is 9.93. The standard InChI is InChI=1S/C16H22F4OSi/c1-7-14(21-22(5,6)15(2,3)4)11-8-9-13(17)12(10-11)16(18,19)20/h7-10H,1-6H3. The zero-order chi connectivity index (χ0) is 17.3. The average molecular weight is 334 g/mol. The van der Waals surface area contributed by atoms with E-state index in [0.717, 1.165) is 12.1 Å². The minimum Gasteiger partial charge on any atom is -0.543 e. The van der Waals surface area contributed by atoms with E-state index in [9.17, 15) is 17.6 Å². The largest absolute Gasteiger partial charge is 0.543 e. The molecule has 0 aliphatic heterocycles. The van der Waals surface area contributed by atoms with Gasteiger partial charge in [0, 0.05) is 5.56 Å². The van der Waals surface area contributed by atoms with Crippen molar-refractivity contribution in [1.82, 2.24) is 0 Å². The Balaban J connectivity index is 3.24. The minimum atomic E-state index is -4.73. The summed E-state index contributed by atoms with van der Waals surface area (Å²) >= 11 is 0. The van der Waals surface area contributed by atoms with Crippen LogP contribution < -0.4 is 0 Å². The van der Waals surface area contributed by atoms with Crippen LogP contribution in [0, 0.1) is 5.82 Å². The fourth-order valence-corrected chi connectivity index (χ4v) is 2.70. The second-order valence-electron chi connectivity index (χ2n) is 6.71. The Bertz CT molecular complexity index is 568. The highest BCUT2D eigenvalue weighted by Crippen LogP contribution is 2.40. The van der Waals surface area contributed by atoms with Crippen LogP contribution in [0.2, 0.25) is 18.1 Å². The fourth-order valence-electron chi connectivity index (χ4n) is 1.61. The quantitative estimate of drug-likeness (QED) is 0.362. The summed E-state index contributed by atoms with van der Waals surface area (Å²) in [5.74, 6) is -0.920. The first-order chi connectivity index (χ1) is 9.79. The van der Waals surface area contributed by atoms with Gasteiger partial charge in [-0.15, -0.1) is 0 Å². The van der Waals surface area contributed by atoms with Crippen molar-refractivity contribution in [3.8, 4) is 0 Å². The monoisotopic (exact) mass is 334 g/mol. The zero-order valence-corrected chi connectivity index (χ0v) is 14.7. The van der Waals surface area contributed by atoms with Gasteiger partial charge >= 0.3 is 6.18 Å². The van der Waals surface area contributed by atoms with Gasteiger partial charge in [-0.25, -0.2) is 4.39 Å². The maximum atomic E-state index is 13.4. The second-order valence-corrected chi connectivity index (χ2v) is 11.4. The van der Waals surface area contributed by atoms with Crippen LogP contribution in [-0.2, 0) is 10.6 Å². The van der Waals surface area contributed by atoms with Crippen molar-refractivity contribution < 1.29 is 22.0 Å². The Hall–Kier alpha value is -1.30. The molecule has 0 fully saturated rings. The van der Waals surface area contributed by atoms with E-state index in [1.165, 1.54) is 6.07 Å². The molecule has 0 N–H and O–H groups in total. The van der Waals surface area contributed by atoms with Gasteiger partial charge in [-0.1, -0.05) is 20.8 Å². The summed E-state index contributed by atoms with van der Waals surface area (Å²) in [7, 11) is -2.19. The summed E-state index contributed by atoms with van der Waals surface area (Å²) in [6, 6.07) is 2.95. The highest BCUT2D eigenvalue weighted by atomic mass is 28.4. The fraction of sp³-hybridized carbons (Fsp3) is 0.500. The Labute approximate surface area is 130 Å². The van der Waals surface area contributed by atoms with Gasteiger partial charge in [-0.05, 0) is 49.3 Å². The lowest BCUT2D eigenvalue weighted by Gasteiger charge is -2.37. The molecule has 0 radical (unpaired) electrons. The van der Waals surface area contributed by atoms with E-state index >= 15 is 0 Å². The van der Waals surface area contributed by atoms with Crippen molar-refractivity contribution in [3.05, 3.63) is 41.2 Å². The van der Waals surface area contributed by atoms with Gasteiger partial charge in [0.05, 0.1) is 5.56 Å². The molecule has 0 saturated heterocycles. The summed E-state index contributed by atoms with van der Waals surface area (Å²) < 4.78 is 57.9. The van der Waals surface area contributed by atoms with Crippen LogP contribution in [-0.4, -0.2) is 8.32 Å². The van der Waals surface area contributed by atoms with Gasteiger partial charge in [0.25, 0.3) is 0 Å². The molecule has 124 valence electrons. The van der Waals surface area contributed by atoms with E-state index in [0.29, 0.717) is 5.76 Å². The van der Waals surface area contributed by atoms with Crippen molar-refractivity contribution in [2.75, 3.05) is 0 Å². The third-order valence-corrected chi connectivity index (χ3v) is 8.33. The molecule has 0 aromatic heterocycles. The average Bonchev–Trinajstić information content (AvgIpc) is 2.34. The maximum Gasteiger partial charge on any atom is 0.419 e. The molecule has 22 heavy (non-hydrogen) atoms. The SMILES string of the molecule is CC=C(O[Si](C)(C)C(C)(C)C)c1ccc(F)c(C(F)(F)F)c1. The van der Waals surface area contributed by atoms with E-state index in [1.54, 1.807) is 13.0 Å². The van der Waals surface area contributed by atoms with Crippen molar-refractivity contribution >= 4 is 14.1 Å². The van der Waals surface area contributed by atoms with Crippen LogP contribution in [0.15, 0.2) is 24.3 Å². The van der Waals surface area contributed by atoms with Gasteiger partial charge in [0.15, 0.2) is 0 Å². The zero-order valence-electron chi connectivity index (χ0n) is 13.7. The van der Waals surface area contributed by atoms with E-state index in [1.807, 2.05) is 33.9 Å². The molecule has 0 spiro atoms. The third-order valence-electron chi connectivity index (χ3n) is 3.99. The van der Waals surface area contributed by atoms with Gasteiger partial charge in [0.2, 0.25) is 8.32 Å². The number of hydrogen-bond acceptors (Lipinski definition) is 1. The summed E-state index contributed by atoms with van der Waals surface area (Å²) in [6.45, 7) is 11.8. The molecule has 1 nitrogen and oxygen atoms in total. The topological polar surface area (TPSA) is 9.23 Å². The van der Waals surface area contributed by atoms with E-state index < -0.39 is 25.9 Å². The Kier molecular flexibility index (Phi) is 5.17. The Morgan fingerprint density at radius 2 is 1.68 bits per heavy atom. The van der Waals surface area contributed by atoms with Crippen LogP contribution in [0.3, 0.4) is 0 Å². The molecule has 0 amide bonds. The Morgan fingerprint density at radius 3 is 2.09 bits per heavy atom. The summed E-state index contributed by atoms with van der Waals surface area (Å²) in [6.07, 6.45) is -3.11. The number of halogens is 4. The van der Waals surface area contributed by atoms with Crippen LogP contribution >= 0.6 is 0 Å². The third kappa shape index (κ3) is 4.12. The Morgan fingerprint density at radius 1 is 1.14 bits per heavy atom. The number of alkyl halides is 3. The molecule has 1 rings (SSSR count). The van der Waals surface area contributed by atoms with Crippen LogP contribution in [0.1, 0.15) is 38.8 Å². The smallest absolute Gasteiger partial charge is 0.419 e. The maximum absolute atomic E-state index is 13.4. The number of hydrogen-bond donors (Lipinski definition) is 0. The highest BCUT2D eigenvalue weighted by Gasteiger charge is 2.40. The molecule has 0 heterocycles. The summed E-state index contributed by atoms with van der Waals surface area (Å²) in [5, 5.41) is -0.0891. The van der Waals surface area contributed by atoms with Gasteiger partial charge in [-0.2, -0.15) is 13.2 Å². The molecule has 0 atom stereocenters. The number of rotatable bonds is 3. The lowest BCUT2D eigenvalue weighted by atomic mass is 10.1. The number of allylic oxidation sites excluding steroid dienone is 1. The first-order valence-electron chi connectivity index (χ1n) is 7.02. The molecule has 1 aromatic rings. The molecular weight excluding hydrogens is 312 g/mol. The highest BCUT2D eigenvalue weighted by molar-refractivity contribution is 6.74.